The summed E-state index contributed by atoms with van der Waals surface area (Å²) in [6.45, 7) is 0. The molecule has 0 saturated heterocycles. The molecule has 14 rings (SSSR count). The Morgan fingerprint density at radius 1 is 0.266 bits per heavy atom. The zero-order valence-electron chi connectivity index (χ0n) is 34.9. The second-order valence-electron chi connectivity index (χ2n) is 17.5. The SMILES string of the molecule is c1ccc(C2(c3ccc(N(c4ccc5c(c4)-c4ccccc4C54c5ccccc5-c5ccccc54)c4ccc5oc6ccccc6c5c4)cc3)c3ccccc3-c3ccccc32)cc1. The van der Waals surface area contributed by atoms with Crippen LogP contribution in [0.3, 0.4) is 0 Å². The lowest BCUT2D eigenvalue weighted by atomic mass is 9.68. The van der Waals surface area contributed by atoms with Gasteiger partial charge in [-0.3, -0.25) is 0 Å². The molecule has 298 valence electrons. The quantitative estimate of drug-likeness (QED) is 0.172. The lowest BCUT2D eigenvalue weighted by Crippen LogP contribution is -2.28. The van der Waals surface area contributed by atoms with Crippen molar-refractivity contribution in [1.82, 2.24) is 0 Å². The van der Waals surface area contributed by atoms with Crippen LogP contribution < -0.4 is 4.90 Å². The minimum atomic E-state index is -0.480. The molecular weight excluding hydrogens is 775 g/mol. The molecule has 1 spiro atoms. The molecule has 0 fully saturated rings. The van der Waals surface area contributed by atoms with E-state index in [0.717, 1.165) is 39.0 Å². The second kappa shape index (κ2) is 13.2. The molecule has 0 N–H and O–H groups in total. The summed E-state index contributed by atoms with van der Waals surface area (Å²) in [6.07, 6.45) is 0. The summed E-state index contributed by atoms with van der Waals surface area (Å²) in [6, 6.07) is 87.6. The average molecular weight is 814 g/mol. The van der Waals surface area contributed by atoms with Crippen LogP contribution in [0.4, 0.5) is 17.1 Å². The molecule has 0 radical (unpaired) electrons. The van der Waals surface area contributed by atoms with Gasteiger partial charge in [-0.15, -0.1) is 0 Å². The van der Waals surface area contributed by atoms with E-state index in [1.165, 1.54) is 77.9 Å². The highest BCUT2D eigenvalue weighted by Gasteiger charge is 2.52. The van der Waals surface area contributed by atoms with Crippen LogP contribution in [0.5, 0.6) is 0 Å². The third-order valence-corrected chi connectivity index (χ3v) is 14.6. The fraction of sp³-hybridized carbons (Fsp3) is 0.0323. The number of furan rings is 1. The van der Waals surface area contributed by atoms with E-state index in [2.05, 4.69) is 235 Å². The maximum absolute atomic E-state index is 6.37. The summed E-state index contributed by atoms with van der Waals surface area (Å²) < 4.78 is 6.37. The Balaban J connectivity index is 0.995. The van der Waals surface area contributed by atoms with Crippen LogP contribution in [-0.4, -0.2) is 0 Å². The van der Waals surface area contributed by atoms with Crippen LogP contribution in [-0.2, 0) is 10.8 Å². The molecule has 11 aromatic rings. The van der Waals surface area contributed by atoms with Gasteiger partial charge in [0.05, 0.1) is 10.8 Å². The summed E-state index contributed by atoms with van der Waals surface area (Å²) in [5.74, 6) is 0. The second-order valence-corrected chi connectivity index (χ2v) is 17.5. The molecule has 0 unspecified atom stereocenters. The van der Waals surface area contributed by atoms with E-state index in [-0.39, 0.29) is 0 Å². The number of nitrogens with zero attached hydrogens (tertiary/aromatic N) is 1. The van der Waals surface area contributed by atoms with E-state index in [1.54, 1.807) is 0 Å². The first-order valence-electron chi connectivity index (χ1n) is 22.3. The Kier molecular flexibility index (Phi) is 7.28. The van der Waals surface area contributed by atoms with Gasteiger partial charge < -0.3 is 9.32 Å². The van der Waals surface area contributed by atoms with Crippen molar-refractivity contribution in [2.75, 3.05) is 4.90 Å². The highest BCUT2D eigenvalue weighted by atomic mass is 16.3. The van der Waals surface area contributed by atoms with E-state index in [4.69, 9.17) is 4.42 Å². The van der Waals surface area contributed by atoms with E-state index in [9.17, 15) is 0 Å². The topological polar surface area (TPSA) is 16.4 Å². The molecule has 0 aliphatic heterocycles. The molecular formula is C62H39NO. The smallest absolute Gasteiger partial charge is 0.135 e. The van der Waals surface area contributed by atoms with E-state index >= 15 is 0 Å². The summed E-state index contributed by atoms with van der Waals surface area (Å²) in [5, 5.41) is 2.21. The summed E-state index contributed by atoms with van der Waals surface area (Å²) >= 11 is 0. The fourth-order valence-corrected chi connectivity index (χ4v) is 12.1. The van der Waals surface area contributed by atoms with Crippen molar-refractivity contribution in [3.8, 4) is 33.4 Å². The van der Waals surface area contributed by atoms with Gasteiger partial charge in [-0.2, -0.15) is 0 Å². The van der Waals surface area contributed by atoms with Gasteiger partial charge in [0.15, 0.2) is 0 Å². The number of rotatable bonds is 5. The largest absolute Gasteiger partial charge is 0.456 e. The fourth-order valence-electron chi connectivity index (χ4n) is 12.1. The molecule has 2 heteroatoms. The number of hydrogen-bond acceptors (Lipinski definition) is 2. The van der Waals surface area contributed by atoms with Gasteiger partial charge in [0.25, 0.3) is 0 Å². The van der Waals surface area contributed by atoms with Crippen LogP contribution in [0.25, 0.3) is 55.3 Å². The van der Waals surface area contributed by atoms with Crippen LogP contribution in [0.2, 0.25) is 0 Å². The van der Waals surface area contributed by atoms with Crippen LogP contribution >= 0.6 is 0 Å². The Bertz CT molecular complexity index is 3600. The molecule has 3 aliphatic carbocycles. The van der Waals surface area contributed by atoms with Gasteiger partial charge in [-0.1, -0.05) is 188 Å². The van der Waals surface area contributed by atoms with Crippen molar-refractivity contribution in [1.29, 1.82) is 0 Å². The van der Waals surface area contributed by atoms with E-state index in [0.29, 0.717) is 0 Å². The third kappa shape index (κ3) is 4.54. The molecule has 0 atom stereocenters. The van der Waals surface area contributed by atoms with Crippen molar-refractivity contribution >= 4 is 39.0 Å². The highest BCUT2D eigenvalue weighted by molar-refractivity contribution is 6.07. The standard InChI is InChI=1S/C62H39NO/c1-2-16-40(17-3-1)61(53-24-10-4-18-45(53)46-19-5-11-25-54(46)61)41-30-32-42(33-31-41)63(44-35-37-60-52(39-44)50-23-9-15-29-59(50)64-60)43-34-36-58-51(38-43)49-22-8-14-28-57(49)62(58)55-26-12-6-20-47(55)48-21-7-13-27-56(48)62/h1-39H. The molecule has 2 nitrogen and oxygen atoms in total. The normalized spacial score (nSPS) is 14.2. The lowest BCUT2D eigenvalue weighted by Gasteiger charge is -2.34. The summed E-state index contributed by atoms with van der Waals surface area (Å²) in [7, 11) is 0. The zero-order valence-corrected chi connectivity index (χ0v) is 34.9. The monoisotopic (exact) mass is 813 g/mol. The van der Waals surface area contributed by atoms with Crippen molar-refractivity contribution in [3.05, 3.63) is 281 Å². The zero-order chi connectivity index (χ0) is 42.0. The molecule has 0 amide bonds. The predicted molar refractivity (Wildman–Crippen MR) is 262 cm³/mol. The molecule has 1 heterocycles. The van der Waals surface area contributed by atoms with Gasteiger partial charge in [0, 0.05) is 27.8 Å². The molecule has 3 aliphatic rings. The number of para-hydroxylation sites is 1. The van der Waals surface area contributed by atoms with E-state index < -0.39 is 10.8 Å². The van der Waals surface area contributed by atoms with Gasteiger partial charge in [0.1, 0.15) is 11.2 Å². The van der Waals surface area contributed by atoms with Gasteiger partial charge in [0.2, 0.25) is 0 Å². The third-order valence-electron chi connectivity index (χ3n) is 14.6. The van der Waals surface area contributed by atoms with Gasteiger partial charge in [-0.25, -0.2) is 0 Å². The summed E-state index contributed by atoms with van der Waals surface area (Å²) in [5.41, 5.74) is 22.4. The van der Waals surface area contributed by atoms with Gasteiger partial charge >= 0.3 is 0 Å². The van der Waals surface area contributed by atoms with Gasteiger partial charge in [-0.05, 0) is 126 Å². The number of hydrogen-bond donors (Lipinski definition) is 0. The first-order chi connectivity index (χ1) is 31.7. The Hall–Kier alpha value is -8.20. The van der Waals surface area contributed by atoms with Crippen molar-refractivity contribution in [3.63, 3.8) is 0 Å². The molecule has 0 saturated carbocycles. The minimum Gasteiger partial charge on any atom is -0.456 e. The summed E-state index contributed by atoms with van der Waals surface area (Å²) in [4.78, 5) is 2.43. The Labute approximate surface area is 372 Å². The maximum Gasteiger partial charge on any atom is 0.135 e. The molecule has 0 bridgehead atoms. The first kappa shape index (κ1) is 35.4. The minimum absolute atomic E-state index is 0.404. The Morgan fingerprint density at radius 2 is 0.672 bits per heavy atom. The lowest BCUT2D eigenvalue weighted by molar-refractivity contribution is 0.669. The molecule has 64 heavy (non-hydrogen) atoms. The van der Waals surface area contributed by atoms with E-state index in [1.807, 2.05) is 6.07 Å². The Morgan fingerprint density at radius 3 is 1.27 bits per heavy atom. The van der Waals surface area contributed by atoms with Crippen LogP contribution in [0.15, 0.2) is 241 Å². The van der Waals surface area contributed by atoms with Crippen LogP contribution in [0.1, 0.15) is 44.5 Å². The number of fused-ring (bicyclic) bond motifs is 16. The first-order valence-corrected chi connectivity index (χ1v) is 22.3. The highest BCUT2D eigenvalue weighted by Crippen LogP contribution is 2.63. The molecule has 10 aromatic carbocycles. The van der Waals surface area contributed by atoms with Crippen LogP contribution in [0, 0.1) is 0 Å². The van der Waals surface area contributed by atoms with Crippen molar-refractivity contribution in [2.24, 2.45) is 0 Å². The number of benzene rings is 10. The predicted octanol–water partition coefficient (Wildman–Crippen LogP) is 15.8. The maximum atomic E-state index is 6.37. The average Bonchev–Trinajstić information content (AvgIpc) is 4.07. The number of anilines is 3. The molecule has 1 aromatic heterocycles. The van der Waals surface area contributed by atoms with Crippen molar-refractivity contribution < 1.29 is 4.42 Å². The van der Waals surface area contributed by atoms with Crippen molar-refractivity contribution in [2.45, 2.75) is 10.8 Å².